The Kier molecular flexibility index (Phi) is 4.52. The van der Waals surface area contributed by atoms with E-state index in [1.807, 2.05) is 30.0 Å². The molecule has 2 aromatic rings. The van der Waals surface area contributed by atoms with Crippen molar-refractivity contribution in [1.29, 1.82) is 0 Å². The quantitative estimate of drug-likeness (QED) is 0.915. The second-order valence-electron chi connectivity index (χ2n) is 7.31. The number of hydrogen-bond donors (Lipinski definition) is 1. The van der Waals surface area contributed by atoms with E-state index in [4.69, 9.17) is 11.6 Å². The zero-order chi connectivity index (χ0) is 17.4. The van der Waals surface area contributed by atoms with Gasteiger partial charge in [-0.25, -0.2) is 4.79 Å². The second kappa shape index (κ2) is 6.81. The van der Waals surface area contributed by atoms with Gasteiger partial charge in [0.1, 0.15) is 0 Å². The normalized spacial score (nSPS) is 25.4. The number of carbonyl (C=O) groups is 1. The molecule has 132 valence electrons. The molecule has 1 saturated carbocycles. The minimum Gasteiger partial charge on any atom is -0.322 e. The van der Waals surface area contributed by atoms with Crippen LogP contribution in [0.2, 0.25) is 5.02 Å². The smallest absolute Gasteiger partial charge is 0.322 e. The topological polar surface area (TPSA) is 50.2 Å². The van der Waals surface area contributed by atoms with Gasteiger partial charge in [-0.3, -0.25) is 0 Å². The van der Waals surface area contributed by atoms with Crippen LogP contribution in [0.15, 0.2) is 36.7 Å². The third-order valence-corrected chi connectivity index (χ3v) is 5.84. The van der Waals surface area contributed by atoms with Crippen molar-refractivity contribution < 1.29 is 4.79 Å². The minimum atomic E-state index is 0.00285. The number of fused-ring (bicyclic) bond motifs is 1. The fourth-order valence-corrected chi connectivity index (χ4v) is 4.38. The molecular formula is C19H23ClN4O. The number of hydrogen-bond acceptors (Lipinski definition) is 3. The number of benzene rings is 1. The van der Waals surface area contributed by atoms with E-state index >= 15 is 0 Å². The summed E-state index contributed by atoms with van der Waals surface area (Å²) in [5.74, 6) is 1.17. The number of likely N-dealkylation sites (tertiary alicyclic amines) is 1. The van der Waals surface area contributed by atoms with Crippen LogP contribution >= 0.6 is 11.6 Å². The summed E-state index contributed by atoms with van der Waals surface area (Å²) in [5, 5.41) is 8.60. The predicted molar refractivity (Wildman–Crippen MR) is 97.6 cm³/mol. The summed E-state index contributed by atoms with van der Waals surface area (Å²) in [5.41, 5.74) is 2.16. The van der Waals surface area contributed by atoms with Crippen molar-refractivity contribution in [1.82, 2.24) is 20.0 Å². The second-order valence-corrected chi connectivity index (χ2v) is 7.72. The molecule has 1 aromatic heterocycles. The van der Waals surface area contributed by atoms with Crippen LogP contribution in [-0.2, 0) is 6.54 Å². The number of aromatic nitrogens is 2. The Balaban J connectivity index is 1.30. The molecule has 1 saturated heterocycles. The fraction of sp³-hybridized carbons (Fsp3) is 0.474. The number of nitrogens with zero attached hydrogens (tertiary/aromatic N) is 3. The molecule has 5 nitrogen and oxygen atoms in total. The zero-order valence-corrected chi connectivity index (χ0v) is 15.1. The summed E-state index contributed by atoms with van der Waals surface area (Å²) >= 11 is 6.23. The lowest BCUT2D eigenvalue weighted by Crippen LogP contribution is -2.35. The van der Waals surface area contributed by atoms with Crippen LogP contribution in [0.5, 0.6) is 0 Å². The van der Waals surface area contributed by atoms with Crippen molar-refractivity contribution in [3.8, 4) is 0 Å². The van der Waals surface area contributed by atoms with Crippen LogP contribution < -0.4 is 5.32 Å². The Bertz CT molecular complexity index is 760. The van der Waals surface area contributed by atoms with Crippen LogP contribution in [0.1, 0.15) is 24.0 Å². The predicted octanol–water partition coefficient (Wildman–Crippen LogP) is 3.31. The van der Waals surface area contributed by atoms with Crippen LogP contribution in [0.3, 0.4) is 0 Å². The first-order valence-electron chi connectivity index (χ1n) is 8.87. The number of amides is 1. The van der Waals surface area contributed by atoms with Crippen molar-refractivity contribution >= 4 is 17.6 Å². The fourth-order valence-electron chi connectivity index (χ4n) is 4.18. The number of halogens is 1. The molecule has 2 aliphatic rings. The van der Waals surface area contributed by atoms with Crippen molar-refractivity contribution in [2.75, 3.05) is 13.1 Å². The summed E-state index contributed by atoms with van der Waals surface area (Å²) in [6.45, 7) is 4.43. The highest BCUT2D eigenvalue weighted by molar-refractivity contribution is 6.31. The minimum absolute atomic E-state index is 0.00285. The molecule has 1 aliphatic carbocycles. The number of nitrogens with one attached hydrogen (secondary N) is 1. The number of aryl methyl sites for hydroxylation is 1. The molecule has 1 amide bonds. The van der Waals surface area contributed by atoms with Crippen LogP contribution in [0.4, 0.5) is 4.79 Å². The Hall–Kier alpha value is -1.85. The molecule has 1 aliphatic heterocycles. The van der Waals surface area contributed by atoms with E-state index < -0.39 is 0 Å². The lowest BCUT2D eigenvalue weighted by Gasteiger charge is -2.19. The summed E-state index contributed by atoms with van der Waals surface area (Å²) in [6.07, 6.45) is 5.77. The Morgan fingerprint density at radius 3 is 2.64 bits per heavy atom. The monoisotopic (exact) mass is 358 g/mol. The van der Waals surface area contributed by atoms with E-state index in [1.165, 1.54) is 4.68 Å². The summed E-state index contributed by atoms with van der Waals surface area (Å²) in [7, 11) is 0. The molecule has 0 spiro atoms. The van der Waals surface area contributed by atoms with Crippen LogP contribution in [0, 0.1) is 18.8 Å². The van der Waals surface area contributed by atoms with E-state index in [2.05, 4.69) is 16.5 Å². The first kappa shape index (κ1) is 16.6. The number of rotatable bonds is 3. The number of carbonyl (C=O) groups excluding carboxylic acids is 1. The van der Waals surface area contributed by atoms with Gasteiger partial charge in [-0.05, 0) is 48.8 Å². The third kappa shape index (κ3) is 3.44. The largest absolute Gasteiger partial charge is 0.344 e. The molecule has 2 heterocycles. The first-order chi connectivity index (χ1) is 12.1. The SMILES string of the molecule is Cc1cnn(C(=O)N2C[C@H]3CC(NCc4ccccc4Cl)C[C@H]3C2)c1. The zero-order valence-electron chi connectivity index (χ0n) is 14.4. The molecule has 0 radical (unpaired) electrons. The van der Waals surface area contributed by atoms with E-state index in [9.17, 15) is 4.79 Å². The van der Waals surface area contributed by atoms with Gasteiger partial charge in [0.05, 0.1) is 6.20 Å². The van der Waals surface area contributed by atoms with Gasteiger partial charge in [0.15, 0.2) is 0 Å². The van der Waals surface area contributed by atoms with Gasteiger partial charge in [0, 0.05) is 36.9 Å². The Labute approximate surface area is 153 Å². The first-order valence-corrected chi connectivity index (χ1v) is 9.25. The molecular weight excluding hydrogens is 336 g/mol. The van der Waals surface area contributed by atoms with E-state index in [-0.39, 0.29) is 6.03 Å². The molecule has 2 fully saturated rings. The molecule has 3 atom stereocenters. The Morgan fingerprint density at radius 1 is 1.28 bits per heavy atom. The van der Waals surface area contributed by atoms with Crippen molar-refractivity contribution in [3.05, 3.63) is 52.8 Å². The highest BCUT2D eigenvalue weighted by atomic mass is 35.5. The van der Waals surface area contributed by atoms with E-state index in [1.54, 1.807) is 12.4 Å². The summed E-state index contributed by atoms with van der Waals surface area (Å²) < 4.78 is 1.46. The van der Waals surface area contributed by atoms with Gasteiger partial charge < -0.3 is 10.2 Å². The van der Waals surface area contributed by atoms with Gasteiger partial charge in [0.2, 0.25) is 0 Å². The van der Waals surface area contributed by atoms with Gasteiger partial charge in [0.25, 0.3) is 0 Å². The van der Waals surface area contributed by atoms with Gasteiger partial charge in [-0.1, -0.05) is 29.8 Å². The summed E-state index contributed by atoms with van der Waals surface area (Å²) in [6, 6.07) is 8.49. The van der Waals surface area contributed by atoms with Gasteiger partial charge in [-0.15, -0.1) is 0 Å². The maximum Gasteiger partial charge on any atom is 0.344 e. The van der Waals surface area contributed by atoms with Gasteiger partial charge >= 0.3 is 6.03 Å². The third-order valence-electron chi connectivity index (χ3n) is 5.47. The molecule has 6 heteroatoms. The van der Waals surface area contributed by atoms with Crippen molar-refractivity contribution in [3.63, 3.8) is 0 Å². The maximum atomic E-state index is 12.5. The van der Waals surface area contributed by atoms with Crippen molar-refractivity contribution in [2.45, 2.75) is 32.4 Å². The standard InChI is InChI=1S/C19H23ClN4O/c1-13-8-22-24(10-13)19(25)23-11-15-6-17(7-16(15)12-23)21-9-14-4-2-3-5-18(14)20/h2-5,8,10,15-17,21H,6-7,9,11-12H2,1H3/t15-,16+,17?. The molecule has 1 unspecified atom stereocenters. The lowest BCUT2D eigenvalue weighted by molar-refractivity contribution is 0.202. The average Bonchev–Trinajstić information content (AvgIpc) is 3.28. The van der Waals surface area contributed by atoms with Crippen LogP contribution in [0.25, 0.3) is 0 Å². The highest BCUT2D eigenvalue weighted by Gasteiger charge is 2.42. The van der Waals surface area contributed by atoms with E-state index in [0.717, 1.165) is 48.6 Å². The molecule has 25 heavy (non-hydrogen) atoms. The molecule has 4 rings (SSSR count). The lowest BCUT2D eigenvalue weighted by atomic mass is 10.0. The Morgan fingerprint density at radius 2 is 2.00 bits per heavy atom. The molecule has 1 aromatic carbocycles. The highest BCUT2D eigenvalue weighted by Crippen LogP contribution is 2.38. The molecule has 1 N–H and O–H groups in total. The van der Waals surface area contributed by atoms with Crippen LogP contribution in [-0.4, -0.2) is 39.8 Å². The van der Waals surface area contributed by atoms with E-state index in [0.29, 0.717) is 17.9 Å². The summed E-state index contributed by atoms with van der Waals surface area (Å²) in [4.78, 5) is 14.5. The van der Waals surface area contributed by atoms with Crippen molar-refractivity contribution in [2.24, 2.45) is 11.8 Å². The van der Waals surface area contributed by atoms with Gasteiger partial charge in [-0.2, -0.15) is 9.78 Å². The molecule has 0 bridgehead atoms. The average molecular weight is 359 g/mol. The maximum absolute atomic E-state index is 12.5.